The number of anilines is 2. The lowest BCUT2D eigenvalue weighted by Gasteiger charge is -2.31. The lowest BCUT2D eigenvalue weighted by molar-refractivity contribution is 0.395. The number of nitrogen functional groups attached to an aromatic ring is 1. The molecule has 1 aromatic rings. The Morgan fingerprint density at radius 3 is 2.74 bits per heavy atom. The van der Waals surface area contributed by atoms with Crippen molar-refractivity contribution in [2.45, 2.75) is 44.6 Å². The summed E-state index contributed by atoms with van der Waals surface area (Å²) in [5.74, 6) is 2.41. The Labute approximate surface area is 115 Å². The van der Waals surface area contributed by atoms with Gasteiger partial charge >= 0.3 is 0 Å². The minimum Gasteiger partial charge on any atom is -0.481 e. The summed E-state index contributed by atoms with van der Waals surface area (Å²) in [4.78, 5) is 7.00. The van der Waals surface area contributed by atoms with E-state index in [-0.39, 0.29) is 0 Å². The van der Waals surface area contributed by atoms with Crippen LogP contribution in [0.2, 0.25) is 0 Å². The molecule has 1 aliphatic heterocycles. The highest BCUT2D eigenvalue weighted by molar-refractivity contribution is 5.64. The van der Waals surface area contributed by atoms with Crippen LogP contribution in [0.15, 0.2) is 12.1 Å². The lowest BCUT2D eigenvalue weighted by Crippen LogP contribution is -2.35. The van der Waals surface area contributed by atoms with Gasteiger partial charge in [0.15, 0.2) is 5.82 Å². The number of aromatic nitrogens is 1. The second-order valence-electron chi connectivity index (χ2n) is 5.71. The van der Waals surface area contributed by atoms with Crippen LogP contribution in [-0.2, 0) is 0 Å². The van der Waals surface area contributed by atoms with Crippen LogP contribution in [-0.4, -0.2) is 24.7 Å². The Bertz CT molecular complexity index is 443. The summed E-state index contributed by atoms with van der Waals surface area (Å²) in [6.45, 7) is 1.07. The zero-order chi connectivity index (χ0) is 13.2. The first-order valence-electron chi connectivity index (χ1n) is 7.37. The van der Waals surface area contributed by atoms with E-state index in [1.165, 1.54) is 38.5 Å². The Hall–Kier alpha value is -1.45. The summed E-state index contributed by atoms with van der Waals surface area (Å²) in [6.07, 6.45) is 8.03. The van der Waals surface area contributed by atoms with E-state index < -0.39 is 0 Å². The van der Waals surface area contributed by atoms with Gasteiger partial charge in [-0.2, -0.15) is 4.98 Å². The third kappa shape index (κ3) is 2.36. The van der Waals surface area contributed by atoms with Gasteiger partial charge in [0.1, 0.15) is 0 Å². The molecule has 1 saturated carbocycles. The normalized spacial score (nSPS) is 24.1. The average Bonchev–Trinajstić information content (AvgIpc) is 3.09. The molecule has 0 radical (unpaired) electrons. The van der Waals surface area contributed by atoms with Crippen molar-refractivity contribution in [2.24, 2.45) is 5.92 Å². The summed E-state index contributed by atoms with van der Waals surface area (Å²) in [5.41, 5.74) is 6.89. The minimum absolute atomic E-state index is 0.629. The molecule has 2 heterocycles. The first-order chi connectivity index (χ1) is 9.29. The number of hydrogen-bond donors (Lipinski definition) is 1. The molecule has 1 aliphatic carbocycles. The van der Waals surface area contributed by atoms with Crippen molar-refractivity contribution in [3.8, 4) is 5.88 Å². The minimum atomic E-state index is 0.629. The number of hydrogen-bond acceptors (Lipinski definition) is 4. The molecule has 104 valence electrons. The first kappa shape index (κ1) is 12.6. The zero-order valence-electron chi connectivity index (χ0n) is 11.6. The summed E-state index contributed by atoms with van der Waals surface area (Å²) in [5, 5.41) is 0. The monoisotopic (exact) mass is 261 g/mol. The predicted molar refractivity (Wildman–Crippen MR) is 77.5 cm³/mol. The Kier molecular flexibility index (Phi) is 3.49. The number of pyridine rings is 1. The third-order valence-electron chi connectivity index (χ3n) is 4.60. The van der Waals surface area contributed by atoms with Crippen LogP contribution in [0.1, 0.15) is 38.5 Å². The fourth-order valence-electron chi connectivity index (χ4n) is 3.67. The molecule has 0 spiro atoms. The molecule has 19 heavy (non-hydrogen) atoms. The van der Waals surface area contributed by atoms with Gasteiger partial charge in [0, 0.05) is 18.7 Å². The maximum absolute atomic E-state index is 6.13. The Balaban J connectivity index is 1.87. The highest BCUT2D eigenvalue weighted by Crippen LogP contribution is 2.39. The number of nitrogens with two attached hydrogens (primary N) is 1. The summed E-state index contributed by atoms with van der Waals surface area (Å²) < 4.78 is 5.24. The zero-order valence-corrected chi connectivity index (χ0v) is 11.6. The van der Waals surface area contributed by atoms with Crippen molar-refractivity contribution in [2.75, 3.05) is 24.3 Å². The molecular formula is C15H23N3O. The molecule has 2 aliphatic rings. The quantitative estimate of drug-likeness (QED) is 0.909. The van der Waals surface area contributed by atoms with E-state index in [1.54, 1.807) is 7.11 Å². The number of ether oxygens (including phenoxy) is 1. The molecule has 1 aromatic heterocycles. The van der Waals surface area contributed by atoms with Gasteiger partial charge in [0.25, 0.3) is 0 Å². The predicted octanol–water partition coefficient (Wildman–Crippen LogP) is 2.83. The fraction of sp³-hybridized carbons (Fsp3) is 0.667. The van der Waals surface area contributed by atoms with E-state index in [0.717, 1.165) is 24.0 Å². The number of methoxy groups -OCH3 is 1. The highest BCUT2D eigenvalue weighted by atomic mass is 16.5. The molecule has 4 heteroatoms. The molecule has 0 bridgehead atoms. The van der Waals surface area contributed by atoms with Gasteiger partial charge in [-0.15, -0.1) is 0 Å². The molecule has 0 amide bonds. The third-order valence-corrected chi connectivity index (χ3v) is 4.60. The van der Waals surface area contributed by atoms with Gasteiger partial charge < -0.3 is 15.4 Å². The van der Waals surface area contributed by atoms with Crippen molar-refractivity contribution in [1.82, 2.24) is 4.98 Å². The topological polar surface area (TPSA) is 51.4 Å². The van der Waals surface area contributed by atoms with E-state index >= 15 is 0 Å². The largest absolute Gasteiger partial charge is 0.481 e. The molecule has 1 unspecified atom stereocenters. The van der Waals surface area contributed by atoms with Crippen molar-refractivity contribution in [3.05, 3.63) is 12.1 Å². The van der Waals surface area contributed by atoms with E-state index in [9.17, 15) is 0 Å². The molecule has 4 nitrogen and oxygen atoms in total. The van der Waals surface area contributed by atoms with E-state index in [1.807, 2.05) is 12.1 Å². The fourth-order valence-corrected chi connectivity index (χ4v) is 3.67. The first-order valence-corrected chi connectivity index (χ1v) is 7.37. The second kappa shape index (κ2) is 5.27. The summed E-state index contributed by atoms with van der Waals surface area (Å²) in [7, 11) is 1.65. The van der Waals surface area contributed by atoms with Crippen LogP contribution in [0, 0.1) is 5.92 Å². The van der Waals surface area contributed by atoms with Crippen molar-refractivity contribution < 1.29 is 4.74 Å². The molecule has 2 N–H and O–H groups in total. The number of nitrogens with zero attached hydrogens (tertiary/aromatic N) is 2. The van der Waals surface area contributed by atoms with Crippen LogP contribution in [0.5, 0.6) is 5.88 Å². The van der Waals surface area contributed by atoms with Crippen LogP contribution in [0.25, 0.3) is 0 Å². The maximum atomic E-state index is 6.13. The molecule has 0 aromatic carbocycles. The number of rotatable bonds is 3. The van der Waals surface area contributed by atoms with E-state index in [2.05, 4.69) is 9.88 Å². The summed E-state index contributed by atoms with van der Waals surface area (Å²) >= 11 is 0. The van der Waals surface area contributed by atoms with Gasteiger partial charge in [0.2, 0.25) is 5.88 Å². The molecule has 1 saturated heterocycles. The van der Waals surface area contributed by atoms with Crippen LogP contribution in [0.3, 0.4) is 0 Å². The Morgan fingerprint density at radius 1 is 1.21 bits per heavy atom. The van der Waals surface area contributed by atoms with Crippen LogP contribution < -0.4 is 15.4 Å². The van der Waals surface area contributed by atoms with Gasteiger partial charge in [0.05, 0.1) is 12.8 Å². The van der Waals surface area contributed by atoms with E-state index in [4.69, 9.17) is 10.5 Å². The molecule has 3 rings (SSSR count). The Morgan fingerprint density at radius 2 is 2.00 bits per heavy atom. The van der Waals surface area contributed by atoms with Crippen molar-refractivity contribution in [1.29, 1.82) is 0 Å². The lowest BCUT2D eigenvalue weighted by atomic mass is 9.96. The summed E-state index contributed by atoms with van der Waals surface area (Å²) in [6, 6.07) is 4.37. The van der Waals surface area contributed by atoms with Crippen molar-refractivity contribution in [3.63, 3.8) is 0 Å². The van der Waals surface area contributed by atoms with Gasteiger partial charge in [-0.3, -0.25) is 0 Å². The van der Waals surface area contributed by atoms with E-state index in [0.29, 0.717) is 11.9 Å². The average molecular weight is 261 g/mol. The SMILES string of the molecule is COc1ccc(N)c(N2CCCC2C2CCCC2)n1. The maximum Gasteiger partial charge on any atom is 0.215 e. The van der Waals surface area contributed by atoms with Gasteiger partial charge in [-0.05, 0) is 37.7 Å². The van der Waals surface area contributed by atoms with Crippen LogP contribution >= 0.6 is 0 Å². The molecule has 1 atom stereocenters. The second-order valence-corrected chi connectivity index (χ2v) is 5.71. The standard InChI is InChI=1S/C15H23N3O/c1-19-14-9-8-12(16)15(17-14)18-10-4-7-13(18)11-5-2-3-6-11/h8-9,11,13H,2-7,10,16H2,1H3. The highest BCUT2D eigenvalue weighted by Gasteiger charge is 2.34. The van der Waals surface area contributed by atoms with Gasteiger partial charge in [-0.1, -0.05) is 12.8 Å². The molecular weight excluding hydrogens is 238 g/mol. The van der Waals surface area contributed by atoms with Gasteiger partial charge in [-0.25, -0.2) is 0 Å². The smallest absolute Gasteiger partial charge is 0.215 e. The van der Waals surface area contributed by atoms with Crippen LogP contribution in [0.4, 0.5) is 11.5 Å². The van der Waals surface area contributed by atoms with Crippen molar-refractivity contribution >= 4 is 11.5 Å². The molecule has 2 fully saturated rings.